The minimum absolute atomic E-state index is 0.0394. The molecule has 0 saturated carbocycles. The number of hydrogen-bond donors (Lipinski definition) is 3. The highest BCUT2D eigenvalue weighted by Gasteiger charge is 2.13. The average Bonchev–Trinajstić information content (AvgIpc) is 2.41. The van der Waals surface area contributed by atoms with Crippen LogP contribution < -0.4 is 16.4 Å². The molecule has 0 unspecified atom stereocenters. The van der Waals surface area contributed by atoms with Gasteiger partial charge in [0.25, 0.3) is 11.8 Å². The molecule has 0 spiro atoms. The fourth-order valence-corrected chi connectivity index (χ4v) is 1.51. The number of amides is 2. The standard InChI is InChI=1S/C15H23N3O2/c1-15(2,3)10-18-14(20)12-6-4-11(5-7-12)13(19)17-9-8-16/h4-7H,8-10,16H2,1-3H3,(H,17,19)(H,18,20). The van der Waals surface area contributed by atoms with Gasteiger partial charge in [-0.1, -0.05) is 20.8 Å². The maximum absolute atomic E-state index is 11.9. The third-order valence-electron chi connectivity index (χ3n) is 2.62. The van der Waals surface area contributed by atoms with Crippen molar-refractivity contribution in [1.29, 1.82) is 0 Å². The molecule has 0 aliphatic rings. The van der Waals surface area contributed by atoms with Crippen molar-refractivity contribution in [2.75, 3.05) is 19.6 Å². The quantitative estimate of drug-likeness (QED) is 0.755. The van der Waals surface area contributed by atoms with Crippen LogP contribution in [-0.2, 0) is 0 Å². The Morgan fingerprint density at radius 1 is 1.00 bits per heavy atom. The van der Waals surface area contributed by atoms with Crippen molar-refractivity contribution in [2.45, 2.75) is 20.8 Å². The van der Waals surface area contributed by atoms with Gasteiger partial charge in [0.05, 0.1) is 0 Å². The number of nitrogens with two attached hydrogens (primary N) is 1. The Morgan fingerprint density at radius 2 is 1.45 bits per heavy atom. The number of carbonyl (C=O) groups is 2. The van der Waals surface area contributed by atoms with Gasteiger partial charge in [0.2, 0.25) is 0 Å². The number of benzene rings is 1. The summed E-state index contributed by atoms with van der Waals surface area (Å²) in [6.07, 6.45) is 0. The molecule has 0 aliphatic carbocycles. The second-order valence-electron chi connectivity index (χ2n) is 5.87. The van der Waals surface area contributed by atoms with Crippen LogP contribution in [0.3, 0.4) is 0 Å². The maximum atomic E-state index is 11.9. The lowest BCUT2D eigenvalue weighted by Crippen LogP contribution is -2.32. The van der Waals surface area contributed by atoms with Crippen LogP contribution in [0.1, 0.15) is 41.5 Å². The monoisotopic (exact) mass is 277 g/mol. The summed E-state index contributed by atoms with van der Waals surface area (Å²) in [6.45, 7) is 7.60. The molecule has 5 heteroatoms. The Morgan fingerprint density at radius 3 is 1.85 bits per heavy atom. The van der Waals surface area contributed by atoms with Crippen LogP contribution in [0, 0.1) is 5.41 Å². The van der Waals surface area contributed by atoms with Crippen molar-refractivity contribution < 1.29 is 9.59 Å². The van der Waals surface area contributed by atoms with E-state index in [1.165, 1.54) is 0 Å². The summed E-state index contributed by atoms with van der Waals surface area (Å²) in [5, 5.41) is 5.54. The van der Waals surface area contributed by atoms with E-state index in [9.17, 15) is 9.59 Å². The lowest BCUT2D eigenvalue weighted by Gasteiger charge is -2.18. The zero-order chi connectivity index (χ0) is 15.2. The number of nitrogens with one attached hydrogen (secondary N) is 2. The van der Waals surface area contributed by atoms with Crippen molar-refractivity contribution in [1.82, 2.24) is 10.6 Å². The molecular formula is C15H23N3O2. The maximum Gasteiger partial charge on any atom is 0.251 e. The molecule has 1 rings (SSSR count). The van der Waals surface area contributed by atoms with Crippen molar-refractivity contribution in [3.63, 3.8) is 0 Å². The van der Waals surface area contributed by atoms with Crippen LogP contribution in [0.2, 0.25) is 0 Å². The molecular weight excluding hydrogens is 254 g/mol. The highest BCUT2D eigenvalue weighted by atomic mass is 16.2. The summed E-state index contributed by atoms with van der Waals surface area (Å²) >= 11 is 0. The Labute approximate surface area is 119 Å². The topological polar surface area (TPSA) is 84.2 Å². The largest absolute Gasteiger partial charge is 0.352 e. The Balaban J connectivity index is 2.62. The lowest BCUT2D eigenvalue weighted by molar-refractivity contribution is 0.0933. The van der Waals surface area contributed by atoms with E-state index in [0.717, 1.165) is 0 Å². The molecule has 1 aromatic carbocycles. The van der Waals surface area contributed by atoms with Crippen molar-refractivity contribution >= 4 is 11.8 Å². The minimum Gasteiger partial charge on any atom is -0.352 e. The molecule has 0 saturated heterocycles. The molecule has 5 nitrogen and oxygen atoms in total. The molecule has 4 N–H and O–H groups in total. The molecule has 0 aromatic heterocycles. The zero-order valence-electron chi connectivity index (χ0n) is 12.3. The van der Waals surface area contributed by atoms with Gasteiger partial charge in [-0.3, -0.25) is 9.59 Å². The first-order valence-electron chi connectivity index (χ1n) is 6.70. The smallest absolute Gasteiger partial charge is 0.251 e. The van der Waals surface area contributed by atoms with E-state index < -0.39 is 0 Å². The summed E-state index contributed by atoms with van der Waals surface area (Å²) in [5.74, 6) is -0.314. The summed E-state index contributed by atoms with van der Waals surface area (Å²) in [6, 6.07) is 6.57. The Bertz CT molecular complexity index is 461. The van der Waals surface area contributed by atoms with E-state index >= 15 is 0 Å². The van der Waals surface area contributed by atoms with Gasteiger partial charge in [0, 0.05) is 30.8 Å². The number of rotatable bonds is 5. The zero-order valence-corrected chi connectivity index (χ0v) is 12.3. The van der Waals surface area contributed by atoms with Crippen LogP contribution in [0.4, 0.5) is 0 Å². The van der Waals surface area contributed by atoms with E-state index in [4.69, 9.17) is 5.73 Å². The van der Waals surface area contributed by atoms with Crippen LogP contribution in [0.25, 0.3) is 0 Å². The van der Waals surface area contributed by atoms with Crippen LogP contribution in [0.15, 0.2) is 24.3 Å². The van der Waals surface area contributed by atoms with Crippen molar-refractivity contribution in [3.8, 4) is 0 Å². The average molecular weight is 277 g/mol. The Kier molecular flexibility index (Phi) is 5.70. The van der Waals surface area contributed by atoms with Crippen LogP contribution >= 0.6 is 0 Å². The molecule has 0 heterocycles. The third-order valence-corrected chi connectivity index (χ3v) is 2.62. The van der Waals surface area contributed by atoms with Gasteiger partial charge >= 0.3 is 0 Å². The first-order chi connectivity index (χ1) is 9.33. The number of carbonyl (C=O) groups excluding carboxylic acids is 2. The second kappa shape index (κ2) is 7.05. The molecule has 0 aliphatic heterocycles. The van der Waals surface area contributed by atoms with Crippen molar-refractivity contribution in [3.05, 3.63) is 35.4 Å². The molecule has 0 atom stereocenters. The van der Waals surface area contributed by atoms with Gasteiger partial charge in [-0.05, 0) is 29.7 Å². The van der Waals surface area contributed by atoms with E-state index in [2.05, 4.69) is 31.4 Å². The van der Waals surface area contributed by atoms with E-state index in [1.807, 2.05) is 0 Å². The van der Waals surface area contributed by atoms with Gasteiger partial charge in [0.1, 0.15) is 0 Å². The van der Waals surface area contributed by atoms with Gasteiger partial charge in [-0.15, -0.1) is 0 Å². The molecule has 1 aromatic rings. The molecule has 110 valence electrons. The van der Waals surface area contributed by atoms with Crippen LogP contribution in [0.5, 0.6) is 0 Å². The van der Waals surface area contributed by atoms with E-state index in [0.29, 0.717) is 30.8 Å². The van der Waals surface area contributed by atoms with Gasteiger partial charge < -0.3 is 16.4 Å². The molecule has 2 amide bonds. The van der Waals surface area contributed by atoms with Gasteiger partial charge in [0.15, 0.2) is 0 Å². The summed E-state index contributed by atoms with van der Waals surface area (Å²) in [5.41, 5.74) is 6.42. The summed E-state index contributed by atoms with van der Waals surface area (Å²) < 4.78 is 0. The fraction of sp³-hybridized carbons (Fsp3) is 0.467. The minimum atomic E-state index is -0.183. The summed E-state index contributed by atoms with van der Waals surface area (Å²) in [7, 11) is 0. The fourth-order valence-electron chi connectivity index (χ4n) is 1.51. The Hall–Kier alpha value is -1.88. The first kappa shape index (κ1) is 16.2. The molecule has 0 radical (unpaired) electrons. The second-order valence-corrected chi connectivity index (χ2v) is 5.87. The number of hydrogen-bond acceptors (Lipinski definition) is 3. The predicted molar refractivity (Wildman–Crippen MR) is 79.6 cm³/mol. The predicted octanol–water partition coefficient (Wildman–Crippen LogP) is 1.15. The van der Waals surface area contributed by atoms with Crippen molar-refractivity contribution in [2.24, 2.45) is 11.1 Å². The molecule has 0 bridgehead atoms. The van der Waals surface area contributed by atoms with Gasteiger partial charge in [-0.2, -0.15) is 0 Å². The summed E-state index contributed by atoms with van der Waals surface area (Å²) in [4.78, 5) is 23.6. The SMILES string of the molecule is CC(C)(C)CNC(=O)c1ccc(C(=O)NCCN)cc1. The van der Waals surface area contributed by atoms with E-state index in [-0.39, 0.29) is 17.2 Å². The highest BCUT2D eigenvalue weighted by molar-refractivity contribution is 5.97. The molecule has 20 heavy (non-hydrogen) atoms. The normalized spacial score (nSPS) is 11.0. The molecule has 0 fully saturated rings. The lowest BCUT2D eigenvalue weighted by atomic mass is 9.97. The van der Waals surface area contributed by atoms with E-state index in [1.54, 1.807) is 24.3 Å². The first-order valence-corrected chi connectivity index (χ1v) is 6.70. The highest BCUT2D eigenvalue weighted by Crippen LogP contribution is 2.11. The van der Waals surface area contributed by atoms with Crippen LogP contribution in [-0.4, -0.2) is 31.4 Å². The third kappa shape index (κ3) is 5.40. The van der Waals surface area contributed by atoms with Gasteiger partial charge in [-0.25, -0.2) is 0 Å².